The molecule has 1 saturated heterocycles. The SMILES string of the molecule is COc1ccc(CCN2C(=O)C(=O)/C(=C(\O)c3ccccc3)C2c2cccc(OC)c2)cc1. The second-order valence-corrected chi connectivity index (χ2v) is 7.73. The number of rotatable bonds is 7. The molecule has 1 amide bonds. The van der Waals surface area contributed by atoms with Gasteiger partial charge in [-0.25, -0.2) is 0 Å². The van der Waals surface area contributed by atoms with Gasteiger partial charge in [0.1, 0.15) is 17.3 Å². The number of ketones is 1. The lowest BCUT2D eigenvalue weighted by Gasteiger charge is -2.25. The van der Waals surface area contributed by atoms with Crippen LogP contribution in [0, 0.1) is 0 Å². The van der Waals surface area contributed by atoms with Crippen LogP contribution in [0.2, 0.25) is 0 Å². The predicted octanol–water partition coefficient (Wildman–Crippen LogP) is 4.37. The highest BCUT2D eigenvalue weighted by Gasteiger charge is 2.45. The fourth-order valence-electron chi connectivity index (χ4n) is 4.06. The van der Waals surface area contributed by atoms with E-state index in [1.54, 1.807) is 56.7 Å². The molecule has 33 heavy (non-hydrogen) atoms. The van der Waals surface area contributed by atoms with Gasteiger partial charge in [-0.3, -0.25) is 9.59 Å². The largest absolute Gasteiger partial charge is 0.507 e. The summed E-state index contributed by atoms with van der Waals surface area (Å²) in [5.74, 6) is -0.159. The number of amides is 1. The number of aliphatic hydroxyl groups is 1. The molecule has 4 rings (SSSR count). The van der Waals surface area contributed by atoms with Crippen LogP contribution in [0.3, 0.4) is 0 Å². The first-order valence-electron chi connectivity index (χ1n) is 10.6. The topological polar surface area (TPSA) is 76.1 Å². The van der Waals surface area contributed by atoms with E-state index in [-0.39, 0.29) is 11.3 Å². The van der Waals surface area contributed by atoms with Gasteiger partial charge >= 0.3 is 0 Å². The smallest absolute Gasteiger partial charge is 0.295 e. The molecular weight excluding hydrogens is 418 g/mol. The zero-order valence-corrected chi connectivity index (χ0v) is 18.5. The second kappa shape index (κ2) is 9.61. The molecular formula is C27H25NO5. The van der Waals surface area contributed by atoms with Gasteiger partial charge < -0.3 is 19.5 Å². The first-order chi connectivity index (χ1) is 16.0. The number of ether oxygens (including phenoxy) is 2. The lowest BCUT2D eigenvalue weighted by atomic mass is 9.95. The average Bonchev–Trinajstić information content (AvgIpc) is 3.12. The van der Waals surface area contributed by atoms with E-state index in [4.69, 9.17) is 9.47 Å². The average molecular weight is 443 g/mol. The van der Waals surface area contributed by atoms with Crippen LogP contribution in [-0.4, -0.2) is 42.5 Å². The second-order valence-electron chi connectivity index (χ2n) is 7.73. The van der Waals surface area contributed by atoms with Crippen molar-refractivity contribution in [1.82, 2.24) is 4.90 Å². The van der Waals surface area contributed by atoms with E-state index in [1.165, 1.54) is 4.90 Å². The zero-order valence-electron chi connectivity index (χ0n) is 18.5. The number of carbonyl (C=O) groups is 2. The van der Waals surface area contributed by atoms with Crippen LogP contribution < -0.4 is 9.47 Å². The Morgan fingerprint density at radius 3 is 2.24 bits per heavy atom. The van der Waals surface area contributed by atoms with Crippen LogP contribution in [0.4, 0.5) is 0 Å². The van der Waals surface area contributed by atoms with Crippen molar-refractivity contribution in [1.29, 1.82) is 0 Å². The first kappa shape index (κ1) is 22.1. The number of nitrogens with zero attached hydrogens (tertiary/aromatic N) is 1. The lowest BCUT2D eigenvalue weighted by molar-refractivity contribution is -0.139. The number of carbonyl (C=O) groups excluding carboxylic acids is 2. The zero-order chi connectivity index (χ0) is 23.4. The summed E-state index contributed by atoms with van der Waals surface area (Å²) in [6.45, 7) is 0.310. The van der Waals surface area contributed by atoms with E-state index in [2.05, 4.69) is 0 Å². The molecule has 1 fully saturated rings. The molecule has 1 N–H and O–H groups in total. The van der Waals surface area contributed by atoms with E-state index in [0.29, 0.717) is 29.8 Å². The molecule has 0 spiro atoms. The molecule has 0 bridgehead atoms. The highest BCUT2D eigenvalue weighted by molar-refractivity contribution is 6.46. The lowest BCUT2D eigenvalue weighted by Crippen LogP contribution is -2.31. The minimum absolute atomic E-state index is 0.0779. The Morgan fingerprint density at radius 1 is 0.879 bits per heavy atom. The van der Waals surface area contributed by atoms with Gasteiger partial charge in [-0.15, -0.1) is 0 Å². The summed E-state index contributed by atoms with van der Waals surface area (Å²) in [4.78, 5) is 27.7. The highest BCUT2D eigenvalue weighted by Crippen LogP contribution is 2.40. The summed E-state index contributed by atoms with van der Waals surface area (Å²) >= 11 is 0. The predicted molar refractivity (Wildman–Crippen MR) is 125 cm³/mol. The fraction of sp³-hybridized carbons (Fsp3) is 0.185. The van der Waals surface area contributed by atoms with Gasteiger partial charge in [0.05, 0.1) is 25.8 Å². The molecule has 6 heteroatoms. The summed E-state index contributed by atoms with van der Waals surface area (Å²) in [6.07, 6.45) is 0.545. The Hall–Kier alpha value is -4.06. The van der Waals surface area contributed by atoms with Crippen molar-refractivity contribution >= 4 is 17.4 Å². The summed E-state index contributed by atoms with van der Waals surface area (Å²) in [5, 5.41) is 11.1. The van der Waals surface area contributed by atoms with E-state index >= 15 is 0 Å². The Kier molecular flexibility index (Phi) is 6.45. The number of benzene rings is 3. The third-order valence-electron chi connectivity index (χ3n) is 5.80. The third kappa shape index (κ3) is 4.46. The number of methoxy groups -OCH3 is 2. The minimum atomic E-state index is -0.724. The summed E-state index contributed by atoms with van der Waals surface area (Å²) in [7, 11) is 3.17. The Balaban J connectivity index is 1.75. The Morgan fingerprint density at radius 2 is 1.58 bits per heavy atom. The van der Waals surface area contributed by atoms with Gasteiger partial charge in [0.25, 0.3) is 11.7 Å². The molecule has 1 atom stereocenters. The van der Waals surface area contributed by atoms with Crippen molar-refractivity contribution in [2.24, 2.45) is 0 Å². The van der Waals surface area contributed by atoms with E-state index in [1.807, 2.05) is 36.4 Å². The number of aliphatic hydroxyl groups excluding tert-OH is 1. The molecule has 168 valence electrons. The van der Waals surface area contributed by atoms with Crippen molar-refractivity contribution in [2.75, 3.05) is 20.8 Å². The molecule has 1 aliphatic heterocycles. The van der Waals surface area contributed by atoms with Crippen LogP contribution in [0.5, 0.6) is 11.5 Å². The molecule has 6 nitrogen and oxygen atoms in total. The van der Waals surface area contributed by atoms with Gasteiger partial charge in [0, 0.05) is 12.1 Å². The molecule has 0 aliphatic carbocycles. The molecule has 3 aromatic carbocycles. The van der Waals surface area contributed by atoms with Crippen molar-refractivity contribution in [2.45, 2.75) is 12.5 Å². The standard InChI is InChI=1S/C27H25NO5/c1-32-21-13-11-18(12-14-21)15-16-28-24(20-9-6-10-22(17-20)33-2)23(26(30)27(28)31)25(29)19-7-4-3-5-8-19/h3-14,17,24,29H,15-16H2,1-2H3/b25-23-. The van der Waals surface area contributed by atoms with Crippen molar-refractivity contribution in [3.63, 3.8) is 0 Å². The van der Waals surface area contributed by atoms with Crippen molar-refractivity contribution in [3.8, 4) is 11.5 Å². The monoisotopic (exact) mass is 443 g/mol. The van der Waals surface area contributed by atoms with Gasteiger partial charge in [-0.05, 0) is 41.8 Å². The summed E-state index contributed by atoms with van der Waals surface area (Å²) in [5.41, 5.74) is 2.26. The quantitative estimate of drug-likeness (QED) is 0.333. The number of hydrogen-bond acceptors (Lipinski definition) is 5. The van der Waals surface area contributed by atoms with Crippen LogP contribution in [0.25, 0.3) is 5.76 Å². The third-order valence-corrected chi connectivity index (χ3v) is 5.80. The van der Waals surface area contributed by atoms with Gasteiger partial charge in [-0.2, -0.15) is 0 Å². The number of Topliss-reactive ketones (excluding diaryl/α,β-unsaturated/α-hetero) is 1. The Bertz CT molecular complexity index is 1180. The molecule has 0 radical (unpaired) electrons. The maximum Gasteiger partial charge on any atom is 0.295 e. The molecule has 1 aliphatic rings. The van der Waals surface area contributed by atoms with E-state index in [9.17, 15) is 14.7 Å². The molecule has 0 aromatic heterocycles. The highest BCUT2D eigenvalue weighted by atomic mass is 16.5. The maximum absolute atomic E-state index is 13.1. The van der Waals surface area contributed by atoms with Gasteiger partial charge in [0.2, 0.25) is 0 Å². The molecule has 3 aromatic rings. The Labute approximate surface area is 192 Å². The van der Waals surface area contributed by atoms with Crippen LogP contribution in [0.1, 0.15) is 22.7 Å². The maximum atomic E-state index is 13.1. The van der Waals surface area contributed by atoms with Crippen LogP contribution in [0.15, 0.2) is 84.4 Å². The van der Waals surface area contributed by atoms with Crippen LogP contribution >= 0.6 is 0 Å². The fourth-order valence-corrected chi connectivity index (χ4v) is 4.06. The molecule has 1 heterocycles. The van der Waals surface area contributed by atoms with Gasteiger partial charge in [-0.1, -0.05) is 54.6 Å². The first-order valence-corrected chi connectivity index (χ1v) is 10.6. The van der Waals surface area contributed by atoms with E-state index in [0.717, 1.165) is 11.3 Å². The normalized spacial score (nSPS) is 17.3. The minimum Gasteiger partial charge on any atom is -0.507 e. The molecule has 1 unspecified atom stereocenters. The van der Waals surface area contributed by atoms with E-state index < -0.39 is 17.7 Å². The molecule has 0 saturated carbocycles. The van der Waals surface area contributed by atoms with Gasteiger partial charge in [0.15, 0.2) is 0 Å². The number of hydrogen-bond donors (Lipinski definition) is 1. The summed E-state index contributed by atoms with van der Waals surface area (Å²) in [6, 6.07) is 22.9. The van der Waals surface area contributed by atoms with Crippen molar-refractivity contribution in [3.05, 3.63) is 101 Å². The summed E-state index contributed by atoms with van der Waals surface area (Å²) < 4.78 is 10.6. The van der Waals surface area contributed by atoms with Crippen molar-refractivity contribution < 1.29 is 24.2 Å². The van der Waals surface area contributed by atoms with Crippen LogP contribution in [-0.2, 0) is 16.0 Å². The number of likely N-dealkylation sites (tertiary alicyclic amines) is 1.